The van der Waals surface area contributed by atoms with Crippen molar-refractivity contribution in [1.29, 1.82) is 0 Å². The Balaban J connectivity index is 1.42. The number of nitrogens with one attached hydrogen (secondary N) is 1. The van der Waals surface area contributed by atoms with Crippen molar-refractivity contribution in [1.82, 2.24) is 10.3 Å². The molecular weight excluding hydrogens is 407 g/mol. The van der Waals surface area contributed by atoms with E-state index in [1.54, 1.807) is 19.2 Å². The molecule has 5 nitrogen and oxygen atoms in total. The lowest BCUT2D eigenvalue weighted by molar-refractivity contribution is 0.174. The van der Waals surface area contributed by atoms with E-state index < -0.39 is 0 Å². The Hall–Kier alpha value is -3.64. The maximum absolute atomic E-state index is 13.5. The first-order valence-electron chi connectivity index (χ1n) is 10.5. The number of nitrogens with zero attached hydrogens (tertiary/aromatic N) is 1. The molecule has 1 aliphatic rings. The van der Waals surface area contributed by atoms with Crippen LogP contribution in [0.4, 0.5) is 4.39 Å². The molecule has 1 aliphatic heterocycles. The predicted molar refractivity (Wildman–Crippen MR) is 122 cm³/mol. The second-order valence-corrected chi connectivity index (χ2v) is 7.64. The highest BCUT2D eigenvalue weighted by Crippen LogP contribution is 2.37. The van der Waals surface area contributed by atoms with Crippen LogP contribution >= 0.6 is 0 Å². The highest BCUT2D eigenvalue weighted by Gasteiger charge is 2.17. The standard InChI is InChI=1S/C26H23FN2O3/c1-30-23-5-3-2-4-17(23)10-11-28-15-20-12-19-13-24-25(32-16-31-24)14-22(19)29-26(20)18-6-8-21(27)9-7-18/h2-9,12-14,28H,10-11,15-16H2,1H3. The van der Waals surface area contributed by atoms with E-state index in [9.17, 15) is 4.39 Å². The van der Waals surface area contributed by atoms with Crippen LogP contribution in [0.1, 0.15) is 11.1 Å². The van der Waals surface area contributed by atoms with Gasteiger partial charge in [-0.2, -0.15) is 0 Å². The van der Waals surface area contributed by atoms with Gasteiger partial charge in [-0.1, -0.05) is 18.2 Å². The third-order valence-electron chi connectivity index (χ3n) is 5.58. The lowest BCUT2D eigenvalue weighted by Gasteiger charge is -2.13. The molecule has 32 heavy (non-hydrogen) atoms. The van der Waals surface area contributed by atoms with Gasteiger partial charge in [-0.3, -0.25) is 0 Å². The first-order chi connectivity index (χ1) is 15.7. The second-order valence-electron chi connectivity index (χ2n) is 7.64. The number of hydrogen-bond donors (Lipinski definition) is 1. The summed E-state index contributed by atoms with van der Waals surface area (Å²) in [7, 11) is 1.69. The van der Waals surface area contributed by atoms with Crippen LogP contribution in [0.2, 0.25) is 0 Å². The quantitative estimate of drug-likeness (QED) is 0.413. The minimum atomic E-state index is -0.269. The minimum absolute atomic E-state index is 0.216. The molecule has 0 unspecified atom stereocenters. The Morgan fingerprint density at radius 2 is 1.75 bits per heavy atom. The summed E-state index contributed by atoms with van der Waals surface area (Å²) in [6.07, 6.45) is 0.843. The molecule has 6 heteroatoms. The molecule has 4 aromatic rings. The minimum Gasteiger partial charge on any atom is -0.496 e. The fraction of sp³-hybridized carbons (Fsp3) is 0.192. The van der Waals surface area contributed by atoms with Crippen LogP contribution in [-0.2, 0) is 13.0 Å². The summed E-state index contributed by atoms with van der Waals surface area (Å²) in [6.45, 7) is 1.62. The largest absolute Gasteiger partial charge is 0.496 e. The fourth-order valence-corrected chi connectivity index (χ4v) is 3.96. The van der Waals surface area contributed by atoms with Gasteiger partial charge in [0.25, 0.3) is 0 Å². The monoisotopic (exact) mass is 430 g/mol. The number of para-hydroxylation sites is 1. The first kappa shape index (κ1) is 20.3. The molecule has 2 heterocycles. The SMILES string of the molecule is COc1ccccc1CCNCc1cc2cc3c(cc2nc1-c1ccc(F)cc1)OCO3. The normalized spacial score (nSPS) is 12.3. The van der Waals surface area contributed by atoms with Crippen LogP contribution in [0, 0.1) is 5.82 Å². The summed E-state index contributed by atoms with van der Waals surface area (Å²) in [5.74, 6) is 2.04. The topological polar surface area (TPSA) is 52.6 Å². The Morgan fingerprint density at radius 1 is 0.969 bits per heavy atom. The van der Waals surface area contributed by atoms with Gasteiger partial charge in [0.05, 0.1) is 18.3 Å². The summed E-state index contributed by atoms with van der Waals surface area (Å²) < 4.78 is 30.0. The van der Waals surface area contributed by atoms with E-state index in [1.807, 2.05) is 30.3 Å². The number of rotatable bonds is 7. The van der Waals surface area contributed by atoms with Crippen molar-refractivity contribution in [3.63, 3.8) is 0 Å². The van der Waals surface area contributed by atoms with Gasteiger partial charge in [0.15, 0.2) is 11.5 Å². The highest BCUT2D eigenvalue weighted by atomic mass is 19.1. The average molecular weight is 430 g/mol. The van der Waals surface area contributed by atoms with Gasteiger partial charge in [0.2, 0.25) is 6.79 Å². The molecule has 5 rings (SSSR count). The predicted octanol–water partition coefficient (Wildman–Crippen LogP) is 5.11. The van der Waals surface area contributed by atoms with Crippen LogP contribution in [0.15, 0.2) is 66.7 Å². The molecule has 0 radical (unpaired) electrons. The average Bonchev–Trinajstić information content (AvgIpc) is 3.28. The molecule has 162 valence electrons. The molecule has 3 aromatic carbocycles. The van der Waals surface area contributed by atoms with Crippen LogP contribution in [0.5, 0.6) is 17.2 Å². The maximum atomic E-state index is 13.5. The van der Waals surface area contributed by atoms with Crippen LogP contribution in [-0.4, -0.2) is 25.4 Å². The van der Waals surface area contributed by atoms with E-state index in [2.05, 4.69) is 17.4 Å². The van der Waals surface area contributed by atoms with Crippen LogP contribution in [0.3, 0.4) is 0 Å². The number of aromatic nitrogens is 1. The molecule has 1 N–H and O–H groups in total. The van der Waals surface area contributed by atoms with Crippen molar-refractivity contribution in [2.75, 3.05) is 20.4 Å². The van der Waals surface area contributed by atoms with Gasteiger partial charge in [-0.25, -0.2) is 9.37 Å². The molecule has 0 amide bonds. The number of methoxy groups -OCH3 is 1. The van der Waals surface area contributed by atoms with E-state index in [0.717, 1.165) is 57.8 Å². The Morgan fingerprint density at radius 3 is 2.56 bits per heavy atom. The smallest absolute Gasteiger partial charge is 0.231 e. The van der Waals surface area contributed by atoms with E-state index in [0.29, 0.717) is 12.3 Å². The molecule has 0 saturated carbocycles. The van der Waals surface area contributed by atoms with Crippen molar-refractivity contribution >= 4 is 10.9 Å². The van der Waals surface area contributed by atoms with E-state index in [4.69, 9.17) is 19.2 Å². The van der Waals surface area contributed by atoms with Crippen molar-refractivity contribution < 1.29 is 18.6 Å². The summed E-state index contributed by atoms with van der Waals surface area (Å²) in [5, 5.41) is 4.49. The number of halogens is 1. The van der Waals surface area contributed by atoms with E-state index >= 15 is 0 Å². The van der Waals surface area contributed by atoms with Crippen molar-refractivity contribution in [2.45, 2.75) is 13.0 Å². The zero-order valence-electron chi connectivity index (χ0n) is 17.7. The fourth-order valence-electron chi connectivity index (χ4n) is 3.96. The molecule has 0 atom stereocenters. The number of pyridine rings is 1. The Bertz CT molecular complexity index is 1260. The van der Waals surface area contributed by atoms with Gasteiger partial charge in [-0.15, -0.1) is 0 Å². The first-order valence-corrected chi connectivity index (χ1v) is 10.5. The zero-order valence-corrected chi connectivity index (χ0v) is 17.7. The summed E-state index contributed by atoms with van der Waals surface area (Å²) in [4.78, 5) is 4.90. The number of hydrogen-bond acceptors (Lipinski definition) is 5. The molecule has 0 spiro atoms. The molecule has 1 aromatic heterocycles. The van der Waals surface area contributed by atoms with Crippen molar-refractivity contribution in [3.05, 3.63) is 83.7 Å². The van der Waals surface area contributed by atoms with Crippen molar-refractivity contribution in [2.24, 2.45) is 0 Å². The molecule has 0 fully saturated rings. The van der Waals surface area contributed by atoms with Crippen LogP contribution in [0.25, 0.3) is 22.2 Å². The molecular formula is C26H23FN2O3. The van der Waals surface area contributed by atoms with Gasteiger partial charge >= 0.3 is 0 Å². The Kier molecular flexibility index (Phi) is 5.60. The Labute approximate surface area is 185 Å². The van der Waals surface area contributed by atoms with Crippen LogP contribution < -0.4 is 19.5 Å². The summed E-state index contributed by atoms with van der Waals surface area (Å²) in [5.41, 5.74) is 4.69. The number of ether oxygens (including phenoxy) is 3. The van der Waals surface area contributed by atoms with Gasteiger partial charge < -0.3 is 19.5 Å². The number of fused-ring (bicyclic) bond motifs is 2. The second kappa shape index (κ2) is 8.85. The maximum Gasteiger partial charge on any atom is 0.231 e. The number of benzene rings is 3. The lowest BCUT2D eigenvalue weighted by atomic mass is 10.0. The molecule has 0 aliphatic carbocycles. The zero-order chi connectivity index (χ0) is 21.9. The summed E-state index contributed by atoms with van der Waals surface area (Å²) >= 11 is 0. The third-order valence-corrected chi connectivity index (χ3v) is 5.58. The lowest BCUT2D eigenvalue weighted by Crippen LogP contribution is -2.18. The van der Waals surface area contributed by atoms with Gasteiger partial charge in [-0.05, 0) is 66.6 Å². The van der Waals surface area contributed by atoms with Crippen molar-refractivity contribution in [3.8, 4) is 28.5 Å². The van der Waals surface area contributed by atoms with E-state index in [1.165, 1.54) is 12.1 Å². The highest BCUT2D eigenvalue weighted by molar-refractivity contribution is 5.86. The summed E-state index contributed by atoms with van der Waals surface area (Å²) in [6, 6.07) is 20.4. The van der Waals surface area contributed by atoms with Gasteiger partial charge in [0, 0.05) is 23.6 Å². The molecule has 0 bridgehead atoms. The third kappa shape index (κ3) is 4.09. The van der Waals surface area contributed by atoms with Gasteiger partial charge in [0.1, 0.15) is 11.6 Å². The van der Waals surface area contributed by atoms with E-state index in [-0.39, 0.29) is 12.6 Å². The molecule has 0 saturated heterocycles.